The third-order valence-electron chi connectivity index (χ3n) is 3.53. The van der Waals surface area contributed by atoms with E-state index in [1.165, 1.54) is 11.8 Å². The van der Waals surface area contributed by atoms with Crippen LogP contribution >= 0.6 is 23.4 Å². The number of carbonyl (C=O) groups excluding carboxylic acids is 2. The third-order valence-corrected chi connectivity index (χ3v) is 5.03. The number of rotatable bonds is 5. The number of carbonyl (C=O) groups is 2. The predicted molar refractivity (Wildman–Crippen MR) is 96.1 cm³/mol. The Morgan fingerprint density at radius 2 is 2.26 bits per heavy atom. The largest absolute Gasteiger partial charge is 0.326 e. The van der Waals surface area contributed by atoms with Gasteiger partial charge in [0.1, 0.15) is 5.25 Å². The molecule has 1 saturated heterocycles. The molecule has 2 N–H and O–H groups in total. The van der Waals surface area contributed by atoms with Gasteiger partial charge in [-0.3, -0.25) is 14.6 Å². The van der Waals surface area contributed by atoms with Crippen molar-refractivity contribution in [3.63, 3.8) is 0 Å². The summed E-state index contributed by atoms with van der Waals surface area (Å²) in [5, 5.41) is 6.24. The van der Waals surface area contributed by atoms with Crippen LogP contribution in [0.25, 0.3) is 0 Å². The molecule has 2 atom stereocenters. The summed E-state index contributed by atoms with van der Waals surface area (Å²) < 4.78 is 0. The number of nitrogens with one attached hydrogen (secondary N) is 2. The van der Waals surface area contributed by atoms with Gasteiger partial charge < -0.3 is 10.6 Å². The highest BCUT2D eigenvalue weighted by atomic mass is 35.5. The van der Waals surface area contributed by atoms with Crippen LogP contribution in [0.3, 0.4) is 0 Å². The number of amidine groups is 1. The number of amides is 2. The Balaban J connectivity index is 1.94. The van der Waals surface area contributed by atoms with Crippen molar-refractivity contribution in [2.75, 3.05) is 5.32 Å². The number of aliphatic imine (C=N–C) groups is 1. The average molecular weight is 354 g/mol. The molecule has 2 amide bonds. The maximum Gasteiger partial charge on any atom is 0.240 e. The van der Waals surface area contributed by atoms with E-state index < -0.39 is 5.25 Å². The first kappa shape index (κ1) is 17.8. The topological polar surface area (TPSA) is 70.6 Å². The molecular weight excluding hydrogens is 334 g/mol. The van der Waals surface area contributed by atoms with Gasteiger partial charge in [0.25, 0.3) is 0 Å². The van der Waals surface area contributed by atoms with Crippen LogP contribution in [0.15, 0.2) is 23.2 Å². The number of anilines is 1. The van der Waals surface area contributed by atoms with Crippen LogP contribution < -0.4 is 10.6 Å². The molecule has 2 rings (SSSR count). The van der Waals surface area contributed by atoms with Crippen molar-refractivity contribution >= 4 is 46.0 Å². The summed E-state index contributed by atoms with van der Waals surface area (Å²) in [4.78, 5) is 28.4. The van der Waals surface area contributed by atoms with E-state index in [0.717, 1.165) is 12.0 Å². The fourth-order valence-electron chi connectivity index (χ4n) is 1.94. The maximum atomic E-state index is 12.1. The van der Waals surface area contributed by atoms with Crippen molar-refractivity contribution in [2.45, 2.75) is 44.9 Å². The Kier molecular flexibility index (Phi) is 6.07. The third kappa shape index (κ3) is 4.97. The number of halogens is 1. The van der Waals surface area contributed by atoms with E-state index >= 15 is 0 Å². The lowest BCUT2D eigenvalue weighted by atomic mass is 10.2. The Labute approximate surface area is 145 Å². The molecule has 1 fully saturated rings. The van der Waals surface area contributed by atoms with Gasteiger partial charge in [-0.05, 0) is 38.0 Å². The van der Waals surface area contributed by atoms with Gasteiger partial charge >= 0.3 is 0 Å². The van der Waals surface area contributed by atoms with E-state index in [-0.39, 0.29) is 24.3 Å². The number of hydrogen-bond donors (Lipinski definition) is 2. The maximum absolute atomic E-state index is 12.1. The summed E-state index contributed by atoms with van der Waals surface area (Å²) in [6.07, 6.45) is 1.00. The average Bonchev–Trinajstić information content (AvgIpc) is 2.82. The monoisotopic (exact) mass is 353 g/mol. The number of nitrogens with zero attached hydrogens (tertiary/aromatic N) is 1. The Bertz CT molecular complexity index is 648. The van der Waals surface area contributed by atoms with Crippen LogP contribution in [0.4, 0.5) is 5.69 Å². The van der Waals surface area contributed by atoms with Crippen molar-refractivity contribution in [1.29, 1.82) is 0 Å². The Morgan fingerprint density at radius 3 is 2.91 bits per heavy atom. The Hall–Kier alpha value is -1.53. The van der Waals surface area contributed by atoms with Crippen LogP contribution in [0.1, 0.15) is 32.3 Å². The van der Waals surface area contributed by atoms with E-state index in [1.54, 1.807) is 12.1 Å². The van der Waals surface area contributed by atoms with Crippen LogP contribution in [0.2, 0.25) is 5.02 Å². The second-order valence-electron chi connectivity index (χ2n) is 5.50. The first-order chi connectivity index (χ1) is 10.9. The highest BCUT2D eigenvalue weighted by molar-refractivity contribution is 8.15. The zero-order chi connectivity index (χ0) is 17.0. The molecule has 7 heteroatoms. The highest BCUT2D eigenvalue weighted by Gasteiger charge is 2.32. The fourth-order valence-corrected chi connectivity index (χ4v) is 3.19. The number of hydrogen-bond acceptors (Lipinski definition) is 4. The number of aryl methyl sites for hydroxylation is 1. The summed E-state index contributed by atoms with van der Waals surface area (Å²) in [6.45, 7) is 5.92. The molecule has 0 unspecified atom stereocenters. The minimum absolute atomic E-state index is 0.0987. The SMILES string of the molecule is CC[C@@H](C)N=C1NC(=O)[C@H](CC(=O)Nc2ccc(C)c(Cl)c2)S1. The van der Waals surface area contributed by atoms with Gasteiger partial charge in [-0.2, -0.15) is 0 Å². The van der Waals surface area contributed by atoms with E-state index in [1.807, 2.05) is 26.8 Å². The molecule has 1 aromatic rings. The lowest BCUT2D eigenvalue weighted by Gasteiger charge is -2.08. The van der Waals surface area contributed by atoms with E-state index in [4.69, 9.17) is 11.6 Å². The van der Waals surface area contributed by atoms with Gasteiger partial charge in [-0.15, -0.1) is 0 Å². The summed E-state index contributed by atoms with van der Waals surface area (Å²) >= 11 is 7.35. The number of benzene rings is 1. The molecule has 0 bridgehead atoms. The molecule has 1 aliphatic heterocycles. The van der Waals surface area contributed by atoms with Gasteiger partial charge in [-0.1, -0.05) is 36.4 Å². The molecule has 0 saturated carbocycles. The van der Waals surface area contributed by atoms with Crippen molar-refractivity contribution in [3.05, 3.63) is 28.8 Å². The lowest BCUT2D eigenvalue weighted by Crippen LogP contribution is -2.28. The molecule has 1 aromatic carbocycles. The smallest absolute Gasteiger partial charge is 0.240 e. The van der Waals surface area contributed by atoms with Gasteiger partial charge in [0.05, 0.1) is 0 Å². The van der Waals surface area contributed by atoms with Crippen LogP contribution in [0, 0.1) is 6.92 Å². The van der Waals surface area contributed by atoms with Crippen LogP contribution in [0.5, 0.6) is 0 Å². The fraction of sp³-hybridized carbons (Fsp3) is 0.438. The van der Waals surface area contributed by atoms with Gasteiger partial charge in [-0.25, -0.2) is 0 Å². The summed E-state index contributed by atoms with van der Waals surface area (Å²) in [5.41, 5.74) is 1.57. The van der Waals surface area contributed by atoms with E-state index in [9.17, 15) is 9.59 Å². The second-order valence-corrected chi connectivity index (χ2v) is 7.10. The zero-order valence-electron chi connectivity index (χ0n) is 13.4. The summed E-state index contributed by atoms with van der Waals surface area (Å²) in [6, 6.07) is 5.48. The quantitative estimate of drug-likeness (QED) is 0.852. The highest BCUT2D eigenvalue weighted by Crippen LogP contribution is 2.24. The Morgan fingerprint density at radius 1 is 1.52 bits per heavy atom. The van der Waals surface area contributed by atoms with Crippen molar-refractivity contribution in [3.8, 4) is 0 Å². The molecular formula is C16H20ClN3O2S. The minimum atomic E-state index is -0.446. The summed E-state index contributed by atoms with van der Waals surface area (Å²) in [5.74, 6) is -0.392. The molecule has 0 spiro atoms. The molecule has 1 aliphatic rings. The van der Waals surface area contributed by atoms with E-state index in [0.29, 0.717) is 15.9 Å². The lowest BCUT2D eigenvalue weighted by molar-refractivity contribution is -0.122. The molecule has 124 valence electrons. The molecule has 1 heterocycles. The van der Waals surface area contributed by atoms with Crippen molar-refractivity contribution in [1.82, 2.24) is 5.32 Å². The van der Waals surface area contributed by atoms with Gasteiger partial charge in [0, 0.05) is 23.2 Å². The minimum Gasteiger partial charge on any atom is -0.326 e. The molecule has 0 aliphatic carbocycles. The standard InChI is InChI=1S/C16H20ClN3O2S/c1-4-10(3)18-16-20-15(22)13(23-16)8-14(21)19-11-6-5-9(2)12(17)7-11/h5-7,10,13H,4,8H2,1-3H3,(H,19,21)(H,18,20,22)/t10-,13+/m1/s1. The normalized spacial score (nSPS) is 20.4. The zero-order valence-corrected chi connectivity index (χ0v) is 14.9. The number of thioether (sulfide) groups is 1. The second kappa shape index (κ2) is 7.84. The van der Waals surface area contributed by atoms with Crippen molar-refractivity contribution in [2.24, 2.45) is 4.99 Å². The van der Waals surface area contributed by atoms with Crippen LogP contribution in [-0.4, -0.2) is 28.3 Å². The first-order valence-corrected chi connectivity index (χ1v) is 8.76. The van der Waals surface area contributed by atoms with Crippen LogP contribution in [-0.2, 0) is 9.59 Å². The molecule has 5 nitrogen and oxygen atoms in total. The van der Waals surface area contributed by atoms with Gasteiger partial charge in [0.2, 0.25) is 11.8 Å². The van der Waals surface area contributed by atoms with Gasteiger partial charge in [0.15, 0.2) is 5.17 Å². The molecule has 23 heavy (non-hydrogen) atoms. The van der Waals surface area contributed by atoms with E-state index in [2.05, 4.69) is 15.6 Å². The predicted octanol–water partition coefficient (Wildman–Crippen LogP) is 3.36. The summed E-state index contributed by atoms with van der Waals surface area (Å²) in [7, 11) is 0. The van der Waals surface area contributed by atoms with Crippen molar-refractivity contribution < 1.29 is 9.59 Å². The molecule has 0 aromatic heterocycles. The molecule has 0 radical (unpaired) electrons. The first-order valence-electron chi connectivity index (χ1n) is 7.50.